The fourth-order valence-corrected chi connectivity index (χ4v) is 2.60. The van der Waals surface area contributed by atoms with E-state index >= 15 is 0 Å². The summed E-state index contributed by atoms with van der Waals surface area (Å²) in [5.74, 6) is 1.63. The van der Waals surface area contributed by atoms with Crippen molar-refractivity contribution in [2.24, 2.45) is 0 Å². The number of rotatable bonds is 5. The van der Waals surface area contributed by atoms with Gasteiger partial charge in [-0.05, 0) is 42.0 Å². The predicted molar refractivity (Wildman–Crippen MR) is 101 cm³/mol. The molecule has 2 heterocycles. The Morgan fingerprint density at radius 1 is 1.07 bits per heavy atom. The minimum Gasteiger partial charge on any atom is -0.454 e. The Kier molecular flexibility index (Phi) is 4.72. The lowest BCUT2D eigenvalue weighted by Gasteiger charge is -2.08. The monoisotopic (exact) mass is 373 g/mol. The van der Waals surface area contributed by atoms with Gasteiger partial charge in [-0.25, -0.2) is 9.97 Å². The third-order valence-electron chi connectivity index (χ3n) is 4.07. The summed E-state index contributed by atoms with van der Waals surface area (Å²) in [4.78, 5) is 20.6. The van der Waals surface area contributed by atoms with Gasteiger partial charge in [0.1, 0.15) is 11.5 Å². The average molecular weight is 373 g/mol. The van der Waals surface area contributed by atoms with E-state index in [0.29, 0.717) is 23.6 Å². The molecule has 0 aliphatic carbocycles. The number of amides is 1. The van der Waals surface area contributed by atoms with Crippen LogP contribution >= 0.6 is 0 Å². The van der Waals surface area contributed by atoms with E-state index in [2.05, 4.69) is 20.6 Å². The largest absolute Gasteiger partial charge is 0.454 e. The van der Waals surface area contributed by atoms with Crippen molar-refractivity contribution in [3.8, 4) is 17.6 Å². The minimum atomic E-state index is -0.375. The van der Waals surface area contributed by atoms with E-state index in [1.165, 1.54) is 12.4 Å². The van der Waals surface area contributed by atoms with Crippen molar-refractivity contribution in [3.63, 3.8) is 0 Å². The second kappa shape index (κ2) is 7.63. The Bertz CT molecular complexity index is 1040. The van der Waals surface area contributed by atoms with Crippen LogP contribution in [0.2, 0.25) is 0 Å². The van der Waals surface area contributed by atoms with Gasteiger partial charge in [-0.15, -0.1) is 0 Å². The minimum absolute atomic E-state index is 0.193. The Morgan fingerprint density at radius 3 is 2.64 bits per heavy atom. The fourth-order valence-electron chi connectivity index (χ4n) is 2.60. The number of anilines is 2. The molecule has 0 unspecified atom stereocenters. The highest BCUT2D eigenvalue weighted by Gasteiger charge is 2.13. The molecule has 2 aromatic carbocycles. The maximum atomic E-state index is 12.2. The number of carbonyl (C=O) groups is 1. The molecule has 0 radical (unpaired) electrons. The number of nitriles is 1. The molecule has 3 aromatic rings. The molecule has 1 amide bonds. The summed E-state index contributed by atoms with van der Waals surface area (Å²) in [6.07, 6.45) is 2.90. The highest BCUT2D eigenvalue weighted by atomic mass is 16.7. The van der Waals surface area contributed by atoms with Crippen molar-refractivity contribution >= 4 is 17.4 Å². The summed E-state index contributed by atoms with van der Waals surface area (Å²) in [5, 5.41) is 14.7. The SMILES string of the molecule is N#Cc1ccc(NC(=O)c2cnc(NCc3ccc4c(c3)OCO4)cn2)cc1. The maximum absolute atomic E-state index is 12.2. The summed E-state index contributed by atoms with van der Waals surface area (Å²) in [6, 6.07) is 14.3. The van der Waals surface area contributed by atoms with Crippen LogP contribution in [0.5, 0.6) is 11.5 Å². The quantitative estimate of drug-likeness (QED) is 0.707. The van der Waals surface area contributed by atoms with Crippen molar-refractivity contribution in [1.82, 2.24) is 9.97 Å². The zero-order valence-corrected chi connectivity index (χ0v) is 14.7. The molecule has 1 aliphatic heterocycles. The van der Waals surface area contributed by atoms with Gasteiger partial charge in [-0.1, -0.05) is 6.07 Å². The number of benzene rings is 2. The standard InChI is InChI=1S/C20H15N5O3/c21-8-13-1-4-15(5-2-13)25-20(26)16-10-24-19(11-22-16)23-9-14-3-6-17-18(7-14)28-12-27-17/h1-7,10-11H,9,12H2,(H,23,24)(H,25,26). The first kappa shape index (κ1) is 17.3. The van der Waals surface area contributed by atoms with E-state index in [1.807, 2.05) is 24.3 Å². The molecule has 0 spiro atoms. The molecular formula is C20H15N5O3. The third-order valence-corrected chi connectivity index (χ3v) is 4.07. The van der Waals surface area contributed by atoms with E-state index in [-0.39, 0.29) is 18.4 Å². The van der Waals surface area contributed by atoms with Crippen LogP contribution in [0.25, 0.3) is 0 Å². The average Bonchev–Trinajstić information content (AvgIpc) is 3.21. The van der Waals surface area contributed by atoms with Gasteiger partial charge in [0.15, 0.2) is 11.5 Å². The molecule has 0 atom stereocenters. The lowest BCUT2D eigenvalue weighted by molar-refractivity contribution is 0.102. The summed E-state index contributed by atoms with van der Waals surface area (Å²) in [6.45, 7) is 0.770. The molecule has 0 fully saturated rings. The van der Waals surface area contributed by atoms with Crippen LogP contribution in [-0.2, 0) is 6.54 Å². The lowest BCUT2D eigenvalue weighted by Crippen LogP contribution is -2.14. The molecule has 0 saturated heterocycles. The van der Waals surface area contributed by atoms with Gasteiger partial charge in [0.25, 0.3) is 5.91 Å². The highest BCUT2D eigenvalue weighted by Crippen LogP contribution is 2.32. The predicted octanol–water partition coefficient (Wildman–Crippen LogP) is 2.94. The Morgan fingerprint density at radius 2 is 1.89 bits per heavy atom. The summed E-state index contributed by atoms with van der Waals surface area (Å²) in [7, 11) is 0. The molecule has 4 rings (SSSR count). The second-order valence-corrected chi connectivity index (χ2v) is 5.97. The summed E-state index contributed by atoms with van der Waals surface area (Å²) in [5.41, 5.74) is 2.30. The number of aromatic nitrogens is 2. The van der Waals surface area contributed by atoms with Crippen LogP contribution in [0.15, 0.2) is 54.9 Å². The summed E-state index contributed by atoms with van der Waals surface area (Å²) >= 11 is 0. The number of nitrogens with zero attached hydrogens (tertiary/aromatic N) is 3. The molecular weight excluding hydrogens is 358 g/mol. The van der Waals surface area contributed by atoms with E-state index in [4.69, 9.17) is 14.7 Å². The highest BCUT2D eigenvalue weighted by molar-refractivity contribution is 6.02. The lowest BCUT2D eigenvalue weighted by atomic mass is 10.2. The number of hydrogen-bond acceptors (Lipinski definition) is 7. The molecule has 8 heteroatoms. The first-order chi connectivity index (χ1) is 13.7. The van der Waals surface area contributed by atoms with Gasteiger partial charge in [-0.3, -0.25) is 4.79 Å². The first-order valence-electron chi connectivity index (χ1n) is 8.47. The number of hydrogen-bond donors (Lipinski definition) is 2. The molecule has 0 saturated carbocycles. The maximum Gasteiger partial charge on any atom is 0.275 e. The molecule has 28 heavy (non-hydrogen) atoms. The zero-order valence-electron chi connectivity index (χ0n) is 14.7. The van der Waals surface area contributed by atoms with E-state index in [9.17, 15) is 4.79 Å². The van der Waals surface area contributed by atoms with Crippen LogP contribution < -0.4 is 20.1 Å². The van der Waals surface area contributed by atoms with Crippen LogP contribution in [0.3, 0.4) is 0 Å². The van der Waals surface area contributed by atoms with Gasteiger partial charge in [0, 0.05) is 12.2 Å². The van der Waals surface area contributed by atoms with E-state index in [1.54, 1.807) is 24.3 Å². The number of carbonyl (C=O) groups excluding carboxylic acids is 1. The van der Waals surface area contributed by atoms with Crippen LogP contribution in [0.4, 0.5) is 11.5 Å². The van der Waals surface area contributed by atoms with Gasteiger partial charge >= 0.3 is 0 Å². The van der Waals surface area contributed by atoms with Crippen molar-refractivity contribution < 1.29 is 14.3 Å². The molecule has 0 bridgehead atoms. The van der Waals surface area contributed by atoms with Crippen molar-refractivity contribution in [2.75, 3.05) is 17.4 Å². The van der Waals surface area contributed by atoms with Crippen LogP contribution in [-0.4, -0.2) is 22.7 Å². The number of ether oxygens (including phenoxy) is 2. The normalized spacial score (nSPS) is 11.5. The Balaban J connectivity index is 1.35. The van der Waals surface area contributed by atoms with Gasteiger partial charge in [0.2, 0.25) is 6.79 Å². The smallest absolute Gasteiger partial charge is 0.275 e. The fraction of sp³-hybridized carbons (Fsp3) is 0.100. The first-order valence-corrected chi connectivity index (χ1v) is 8.47. The third kappa shape index (κ3) is 3.83. The zero-order chi connectivity index (χ0) is 19.3. The molecule has 1 aliphatic rings. The van der Waals surface area contributed by atoms with Crippen LogP contribution in [0, 0.1) is 11.3 Å². The van der Waals surface area contributed by atoms with Gasteiger partial charge < -0.3 is 20.1 Å². The number of nitrogens with one attached hydrogen (secondary N) is 2. The van der Waals surface area contributed by atoms with E-state index in [0.717, 1.165) is 17.1 Å². The van der Waals surface area contributed by atoms with Crippen molar-refractivity contribution in [3.05, 3.63) is 71.7 Å². The second-order valence-electron chi connectivity index (χ2n) is 5.97. The molecule has 1 aromatic heterocycles. The van der Waals surface area contributed by atoms with Crippen molar-refractivity contribution in [1.29, 1.82) is 5.26 Å². The van der Waals surface area contributed by atoms with E-state index < -0.39 is 0 Å². The Hall–Kier alpha value is -4.12. The molecule has 138 valence electrons. The van der Waals surface area contributed by atoms with Gasteiger partial charge in [0.05, 0.1) is 24.0 Å². The van der Waals surface area contributed by atoms with Gasteiger partial charge in [-0.2, -0.15) is 5.26 Å². The van der Waals surface area contributed by atoms with Crippen LogP contribution in [0.1, 0.15) is 21.6 Å². The summed E-state index contributed by atoms with van der Waals surface area (Å²) < 4.78 is 10.6. The Labute approximate surface area is 160 Å². The van der Waals surface area contributed by atoms with Crippen molar-refractivity contribution in [2.45, 2.75) is 6.54 Å². The molecule has 8 nitrogen and oxygen atoms in total. The number of fused-ring (bicyclic) bond motifs is 1. The molecule has 2 N–H and O–H groups in total. The topological polar surface area (TPSA) is 109 Å².